The molecule has 2 aromatic rings. The molecule has 0 heterocycles. The zero-order valence-corrected chi connectivity index (χ0v) is 12.9. The molecule has 0 spiro atoms. The van der Waals surface area contributed by atoms with E-state index in [1.807, 2.05) is 12.1 Å². The third kappa shape index (κ3) is 3.46. The van der Waals surface area contributed by atoms with Gasteiger partial charge in [-0.1, -0.05) is 22.0 Å². The molecule has 0 aromatic heterocycles. The summed E-state index contributed by atoms with van der Waals surface area (Å²) in [5.41, 5.74) is 12.5. The van der Waals surface area contributed by atoms with Crippen LogP contribution in [0.1, 0.15) is 15.9 Å². The summed E-state index contributed by atoms with van der Waals surface area (Å²) in [7, 11) is -1.19. The predicted octanol–water partition coefficient (Wildman–Crippen LogP) is 2.44. The van der Waals surface area contributed by atoms with Crippen LogP contribution in [0, 0.1) is 0 Å². The third-order valence-electron chi connectivity index (χ3n) is 2.79. The minimum atomic E-state index is -1.19. The van der Waals surface area contributed by atoms with Crippen molar-refractivity contribution in [3.63, 3.8) is 0 Å². The molecule has 0 aliphatic carbocycles. The Morgan fingerprint density at radius 3 is 2.35 bits per heavy atom. The summed E-state index contributed by atoms with van der Waals surface area (Å²) in [6.45, 7) is 0. The van der Waals surface area contributed by atoms with Gasteiger partial charge < -0.3 is 11.5 Å². The Morgan fingerprint density at radius 2 is 1.80 bits per heavy atom. The summed E-state index contributed by atoms with van der Waals surface area (Å²) < 4.78 is 13.2. The average Bonchev–Trinajstić information content (AvgIpc) is 2.41. The maximum Gasteiger partial charge on any atom is 0.248 e. The van der Waals surface area contributed by atoms with E-state index in [2.05, 4.69) is 15.9 Å². The molecule has 0 aliphatic rings. The highest BCUT2D eigenvalue weighted by Gasteiger charge is 2.09. The number of nitrogens with two attached hydrogens (primary N) is 2. The molecule has 1 amide bonds. The van der Waals surface area contributed by atoms with Crippen LogP contribution in [0.4, 0.5) is 5.69 Å². The highest BCUT2D eigenvalue weighted by atomic mass is 79.9. The van der Waals surface area contributed by atoms with E-state index in [0.717, 1.165) is 14.9 Å². The molecule has 20 heavy (non-hydrogen) atoms. The van der Waals surface area contributed by atoms with Gasteiger partial charge in [0.1, 0.15) is 0 Å². The molecular weight excluding hydrogens is 340 g/mol. The largest absolute Gasteiger partial charge is 0.398 e. The SMILES string of the molecule is NC(=O)c1ccc(CS(=O)c2ccc(Br)cc2)c(N)c1. The van der Waals surface area contributed by atoms with Crippen molar-refractivity contribution in [3.8, 4) is 0 Å². The summed E-state index contributed by atoms with van der Waals surface area (Å²) in [5.74, 6) is -0.232. The molecule has 1 atom stereocenters. The summed E-state index contributed by atoms with van der Waals surface area (Å²) in [6.07, 6.45) is 0. The Kier molecular flexibility index (Phi) is 4.57. The third-order valence-corrected chi connectivity index (χ3v) is 4.69. The summed E-state index contributed by atoms with van der Waals surface area (Å²) >= 11 is 3.33. The first-order chi connectivity index (χ1) is 9.47. The Morgan fingerprint density at radius 1 is 1.15 bits per heavy atom. The van der Waals surface area contributed by atoms with Crippen molar-refractivity contribution in [1.29, 1.82) is 0 Å². The lowest BCUT2D eigenvalue weighted by Gasteiger charge is -2.07. The van der Waals surface area contributed by atoms with Crippen molar-refractivity contribution in [1.82, 2.24) is 0 Å². The number of primary amides is 1. The summed E-state index contributed by atoms with van der Waals surface area (Å²) in [4.78, 5) is 11.8. The normalized spacial score (nSPS) is 12.1. The quantitative estimate of drug-likeness (QED) is 0.828. The van der Waals surface area contributed by atoms with Crippen LogP contribution < -0.4 is 11.5 Å². The van der Waals surface area contributed by atoms with Crippen LogP contribution in [0.3, 0.4) is 0 Å². The molecular formula is C14H13BrN2O2S. The molecule has 1 unspecified atom stereocenters. The van der Waals surface area contributed by atoms with Crippen LogP contribution in [0.15, 0.2) is 51.8 Å². The number of nitrogen functional groups attached to an aromatic ring is 1. The van der Waals surface area contributed by atoms with Crippen LogP contribution in [0.5, 0.6) is 0 Å². The van der Waals surface area contributed by atoms with Gasteiger partial charge in [-0.25, -0.2) is 0 Å². The summed E-state index contributed by atoms with van der Waals surface area (Å²) in [6, 6.07) is 12.1. The fraction of sp³-hybridized carbons (Fsp3) is 0.0714. The average molecular weight is 353 g/mol. The zero-order chi connectivity index (χ0) is 14.7. The Bertz CT molecular complexity index is 671. The fourth-order valence-electron chi connectivity index (χ4n) is 1.69. The molecule has 0 saturated heterocycles. The number of benzene rings is 2. The fourth-order valence-corrected chi connectivity index (χ4v) is 3.11. The molecule has 104 valence electrons. The zero-order valence-electron chi connectivity index (χ0n) is 10.5. The molecule has 0 radical (unpaired) electrons. The Hall–Kier alpha value is -1.66. The first-order valence-electron chi connectivity index (χ1n) is 5.79. The van der Waals surface area contributed by atoms with E-state index in [-0.39, 0.29) is 0 Å². The van der Waals surface area contributed by atoms with Gasteiger partial charge in [-0.2, -0.15) is 0 Å². The van der Waals surface area contributed by atoms with Crippen LogP contribution in [-0.2, 0) is 16.6 Å². The minimum absolute atomic E-state index is 0.298. The number of hydrogen-bond acceptors (Lipinski definition) is 3. The number of hydrogen-bond donors (Lipinski definition) is 2. The Balaban J connectivity index is 2.19. The first kappa shape index (κ1) is 14.7. The molecule has 4 nitrogen and oxygen atoms in total. The molecule has 2 aromatic carbocycles. The standard InChI is InChI=1S/C14H13BrN2O2S/c15-11-3-5-12(6-4-11)20(19)8-10-2-1-9(14(17)18)7-13(10)16/h1-7H,8,16H2,(H2,17,18). The van der Waals surface area contributed by atoms with Gasteiger partial charge in [0.25, 0.3) is 0 Å². The van der Waals surface area contributed by atoms with Crippen LogP contribution in [-0.4, -0.2) is 10.1 Å². The second-order valence-electron chi connectivity index (χ2n) is 4.22. The lowest BCUT2D eigenvalue weighted by molar-refractivity contribution is 0.100. The Labute approximate surface area is 127 Å². The van der Waals surface area contributed by atoms with Gasteiger partial charge in [0, 0.05) is 20.6 Å². The van der Waals surface area contributed by atoms with Crippen molar-refractivity contribution in [2.45, 2.75) is 10.6 Å². The maximum atomic E-state index is 12.2. The number of carbonyl (C=O) groups is 1. The van der Waals surface area contributed by atoms with Gasteiger partial charge in [-0.3, -0.25) is 9.00 Å². The minimum Gasteiger partial charge on any atom is -0.398 e. The van der Waals surface area contributed by atoms with E-state index < -0.39 is 16.7 Å². The van der Waals surface area contributed by atoms with Crippen molar-refractivity contribution in [2.75, 3.05) is 5.73 Å². The number of anilines is 1. The second kappa shape index (κ2) is 6.19. The van der Waals surface area contributed by atoms with Crippen molar-refractivity contribution >= 4 is 38.3 Å². The molecule has 4 N–H and O–H groups in total. The van der Waals surface area contributed by atoms with E-state index in [9.17, 15) is 9.00 Å². The molecule has 0 saturated carbocycles. The lowest BCUT2D eigenvalue weighted by Crippen LogP contribution is -2.12. The van der Waals surface area contributed by atoms with Gasteiger partial charge in [0.15, 0.2) is 0 Å². The number of rotatable bonds is 4. The monoisotopic (exact) mass is 352 g/mol. The molecule has 0 bridgehead atoms. The van der Waals surface area contributed by atoms with Gasteiger partial charge in [-0.05, 0) is 42.0 Å². The van der Waals surface area contributed by atoms with Crippen LogP contribution in [0.2, 0.25) is 0 Å². The number of amides is 1. The van der Waals surface area contributed by atoms with Gasteiger partial charge in [0.2, 0.25) is 5.91 Å². The number of carbonyl (C=O) groups excluding carboxylic acids is 1. The molecule has 0 aliphatic heterocycles. The molecule has 0 fully saturated rings. The van der Waals surface area contributed by atoms with Gasteiger partial charge >= 0.3 is 0 Å². The first-order valence-corrected chi connectivity index (χ1v) is 7.90. The van der Waals surface area contributed by atoms with Crippen molar-refractivity contribution < 1.29 is 9.00 Å². The highest BCUT2D eigenvalue weighted by molar-refractivity contribution is 9.10. The molecule has 2 rings (SSSR count). The van der Waals surface area contributed by atoms with Gasteiger partial charge in [-0.15, -0.1) is 0 Å². The maximum absolute atomic E-state index is 12.2. The van der Waals surface area contributed by atoms with E-state index >= 15 is 0 Å². The van der Waals surface area contributed by atoms with E-state index in [4.69, 9.17) is 11.5 Å². The van der Waals surface area contributed by atoms with Gasteiger partial charge in [0.05, 0.1) is 16.6 Å². The number of halogens is 1. The van der Waals surface area contributed by atoms with E-state index in [1.165, 1.54) is 6.07 Å². The highest BCUT2D eigenvalue weighted by Crippen LogP contribution is 2.20. The smallest absolute Gasteiger partial charge is 0.248 e. The van der Waals surface area contributed by atoms with E-state index in [1.54, 1.807) is 24.3 Å². The lowest BCUT2D eigenvalue weighted by atomic mass is 10.1. The van der Waals surface area contributed by atoms with E-state index in [0.29, 0.717) is 17.0 Å². The topological polar surface area (TPSA) is 86.2 Å². The van der Waals surface area contributed by atoms with Crippen molar-refractivity contribution in [2.24, 2.45) is 5.73 Å². The molecule has 6 heteroatoms. The summed E-state index contributed by atoms with van der Waals surface area (Å²) in [5, 5.41) is 0. The predicted molar refractivity (Wildman–Crippen MR) is 83.6 cm³/mol. The van der Waals surface area contributed by atoms with Crippen LogP contribution in [0.25, 0.3) is 0 Å². The second-order valence-corrected chi connectivity index (χ2v) is 6.59. The van der Waals surface area contributed by atoms with Crippen LogP contribution >= 0.6 is 15.9 Å². The van der Waals surface area contributed by atoms with Crippen molar-refractivity contribution in [3.05, 3.63) is 58.1 Å².